The zero-order valence-electron chi connectivity index (χ0n) is 15.0. The zero-order chi connectivity index (χ0) is 18.5. The fraction of sp³-hybridized carbons (Fsp3) is 0.400. The Bertz CT molecular complexity index is 799. The first-order chi connectivity index (χ1) is 12.6. The van der Waals surface area contributed by atoms with Gasteiger partial charge in [0.1, 0.15) is 5.75 Å². The van der Waals surface area contributed by atoms with E-state index in [1.54, 1.807) is 18.4 Å². The molecule has 0 spiro atoms. The Labute approximate surface area is 157 Å². The summed E-state index contributed by atoms with van der Waals surface area (Å²) in [6.45, 7) is 1.58. The molecule has 1 aliphatic carbocycles. The number of esters is 1. The van der Waals surface area contributed by atoms with Crippen LogP contribution in [0.5, 0.6) is 5.75 Å². The van der Waals surface area contributed by atoms with Gasteiger partial charge in [-0.05, 0) is 44.2 Å². The second-order valence-electron chi connectivity index (χ2n) is 6.37. The van der Waals surface area contributed by atoms with Gasteiger partial charge in [-0.2, -0.15) is 0 Å². The maximum Gasteiger partial charge on any atom is 0.339 e. The number of carbonyl (C=O) groups is 2. The van der Waals surface area contributed by atoms with Gasteiger partial charge in [0, 0.05) is 15.8 Å². The summed E-state index contributed by atoms with van der Waals surface area (Å²) in [5.74, 6) is -0.0347. The molecule has 1 N–H and O–H groups in total. The Kier molecular flexibility index (Phi) is 5.93. The van der Waals surface area contributed by atoms with Crippen molar-refractivity contribution in [3.63, 3.8) is 0 Å². The molecule has 26 heavy (non-hydrogen) atoms. The van der Waals surface area contributed by atoms with Crippen LogP contribution in [0.25, 0.3) is 0 Å². The number of para-hydroxylation sites is 1. The van der Waals surface area contributed by atoms with E-state index >= 15 is 0 Å². The SMILES string of the molecule is COc1ccccc1C(C)NC(=O)COC(=O)c1csc2c1CCCC2. The van der Waals surface area contributed by atoms with Crippen LogP contribution in [0, 0.1) is 0 Å². The number of fused-ring (bicyclic) bond motifs is 1. The monoisotopic (exact) mass is 373 g/mol. The summed E-state index contributed by atoms with van der Waals surface area (Å²) in [5, 5.41) is 4.70. The lowest BCUT2D eigenvalue weighted by Gasteiger charge is -2.17. The minimum atomic E-state index is -0.413. The van der Waals surface area contributed by atoms with Gasteiger partial charge in [-0.1, -0.05) is 18.2 Å². The molecule has 1 unspecified atom stereocenters. The summed E-state index contributed by atoms with van der Waals surface area (Å²) in [6, 6.07) is 7.26. The van der Waals surface area contributed by atoms with Crippen LogP contribution >= 0.6 is 11.3 Å². The van der Waals surface area contributed by atoms with E-state index < -0.39 is 5.97 Å². The number of methoxy groups -OCH3 is 1. The van der Waals surface area contributed by atoms with Crippen LogP contribution in [0.1, 0.15) is 52.2 Å². The number of thiophene rings is 1. The molecule has 1 aliphatic rings. The average molecular weight is 373 g/mol. The molecular weight excluding hydrogens is 350 g/mol. The van der Waals surface area contributed by atoms with E-state index in [4.69, 9.17) is 9.47 Å². The maximum absolute atomic E-state index is 12.3. The van der Waals surface area contributed by atoms with E-state index in [9.17, 15) is 9.59 Å². The summed E-state index contributed by atoms with van der Waals surface area (Å²) in [6.07, 6.45) is 4.22. The predicted octanol–water partition coefficient (Wildman–Crippen LogP) is 3.67. The lowest BCUT2D eigenvalue weighted by molar-refractivity contribution is -0.124. The molecule has 1 aromatic heterocycles. The minimum absolute atomic E-state index is 0.244. The van der Waals surface area contributed by atoms with Gasteiger partial charge in [-0.15, -0.1) is 11.3 Å². The van der Waals surface area contributed by atoms with Crippen LogP contribution in [0.15, 0.2) is 29.6 Å². The molecule has 1 amide bonds. The van der Waals surface area contributed by atoms with Crippen molar-refractivity contribution < 1.29 is 19.1 Å². The van der Waals surface area contributed by atoms with Gasteiger partial charge in [-0.3, -0.25) is 4.79 Å². The van der Waals surface area contributed by atoms with E-state index in [2.05, 4.69) is 5.32 Å². The molecule has 0 saturated heterocycles. The van der Waals surface area contributed by atoms with Gasteiger partial charge >= 0.3 is 5.97 Å². The number of amides is 1. The molecule has 0 aliphatic heterocycles. The molecule has 0 saturated carbocycles. The number of rotatable bonds is 6. The number of nitrogens with one attached hydrogen (secondary N) is 1. The second-order valence-corrected chi connectivity index (χ2v) is 7.33. The Balaban J connectivity index is 1.55. The smallest absolute Gasteiger partial charge is 0.339 e. The van der Waals surface area contributed by atoms with Crippen molar-refractivity contribution in [2.45, 2.75) is 38.6 Å². The fourth-order valence-corrected chi connectivity index (χ4v) is 4.37. The molecule has 0 radical (unpaired) electrons. The summed E-state index contributed by atoms with van der Waals surface area (Å²) in [7, 11) is 1.59. The van der Waals surface area contributed by atoms with E-state index in [0.717, 1.165) is 30.4 Å². The highest BCUT2D eigenvalue weighted by Crippen LogP contribution is 2.30. The van der Waals surface area contributed by atoms with Gasteiger partial charge in [-0.25, -0.2) is 4.79 Å². The van der Waals surface area contributed by atoms with Crippen LogP contribution in [0.2, 0.25) is 0 Å². The first-order valence-electron chi connectivity index (χ1n) is 8.78. The molecule has 6 heteroatoms. The van der Waals surface area contributed by atoms with Crippen molar-refractivity contribution in [2.75, 3.05) is 13.7 Å². The highest BCUT2D eigenvalue weighted by Gasteiger charge is 2.22. The lowest BCUT2D eigenvalue weighted by Crippen LogP contribution is -2.31. The van der Waals surface area contributed by atoms with Gasteiger partial charge in [0.2, 0.25) is 0 Å². The molecule has 2 aromatic rings. The van der Waals surface area contributed by atoms with Gasteiger partial charge < -0.3 is 14.8 Å². The Hall–Kier alpha value is -2.34. The molecule has 1 atom stereocenters. The van der Waals surface area contributed by atoms with Crippen LogP contribution in [-0.2, 0) is 22.4 Å². The standard InChI is InChI=1S/C20H23NO4S/c1-13(14-7-3-5-9-17(14)24-2)21-19(22)11-25-20(23)16-12-26-18-10-6-4-8-15(16)18/h3,5,7,9,12-13H,4,6,8,10-11H2,1-2H3,(H,21,22). The number of carbonyl (C=O) groups excluding carboxylic acids is 2. The summed E-state index contributed by atoms with van der Waals surface area (Å²) in [4.78, 5) is 25.8. The zero-order valence-corrected chi connectivity index (χ0v) is 15.9. The topological polar surface area (TPSA) is 64.6 Å². The van der Waals surface area contributed by atoms with Crippen molar-refractivity contribution >= 4 is 23.2 Å². The van der Waals surface area contributed by atoms with Crippen molar-refractivity contribution in [3.05, 3.63) is 51.2 Å². The van der Waals surface area contributed by atoms with Gasteiger partial charge in [0.05, 0.1) is 18.7 Å². The molecule has 0 fully saturated rings. The van der Waals surface area contributed by atoms with Crippen molar-refractivity contribution in [2.24, 2.45) is 0 Å². The normalized spacial score (nSPS) is 14.2. The van der Waals surface area contributed by atoms with Crippen LogP contribution in [-0.4, -0.2) is 25.6 Å². The van der Waals surface area contributed by atoms with E-state index in [0.29, 0.717) is 11.3 Å². The molecular formula is C20H23NO4S. The summed E-state index contributed by atoms with van der Waals surface area (Å²) < 4.78 is 10.5. The van der Waals surface area contributed by atoms with Gasteiger partial charge in [0.25, 0.3) is 5.91 Å². The number of aryl methyl sites for hydroxylation is 1. The fourth-order valence-electron chi connectivity index (χ4n) is 3.26. The van der Waals surface area contributed by atoms with Crippen LogP contribution in [0.4, 0.5) is 0 Å². The highest BCUT2D eigenvalue weighted by molar-refractivity contribution is 7.10. The third-order valence-corrected chi connectivity index (χ3v) is 5.69. The summed E-state index contributed by atoms with van der Waals surface area (Å²) in [5.41, 5.74) is 2.60. The predicted molar refractivity (Wildman–Crippen MR) is 101 cm³/mol. The average Bonchev–Trinajstić information content (AvgIpc) is 3.10. The third kappa shape index (κ3) is 4.07. The third-order valence-electron chi connectivity index (χ3n) is 4.60. The Morgan fingerprint density at radius 3 is 2.81 bits per heavy atom. The van der Waals surface area contributed by atoms with Crippen LogP contribution < -0.4 is 10.1 Å². The highest BCUT2D eigenvalue weighted by atomic mass is 32.1. The molecule has 1 heterocycles. The summed E-state index contributed by atoms with van der Waals surface area (Å²) >= 11 is 1.61. The molecule has 0 bridgehead atoms. The maximum atomic E-state index is 12.3. The van der Waals surface area contributed by atoms with E-state index in [-0.39, 0.29) is 18.6 Å². The Morgan fingerprint density at radius 2 is 2.00 bits per heavy atom. The first kappa shape index (κ1) is 18.5. The largest absolute Gasteiger partial charge is 0.496 e. The molecule has 3 rings (SSSR count). The Morgan fingerprint density at radius 1 is 1.23 bits per heavy atom. The number of ether oxygens (including phenoxy) is 2. The van der Waals surface area contributed by atoms with E-state index in [1.807, 2.05) is 36.6 Å². The number of hydrogen-bond donors (Lipinski definition) is 1. The number of hydrogen-bond acceptors (Lipinski definition) is 5. The quantitative estimate of drug-likeness (QED) is 0.785. The first-order valence-corrected chi connectivity index (χ1v) is 9.66. The van der Waals surface area contributed by atoms with Crippen molar-refractivity contribution in [3.8, 4) is 5.75 Å². The lowest BCUT2D eigenvalue weighted by atomic mass is 9.96. The van der Waals surface area contributed by atoms with E-state index in [1.165, 1.54) is 11.3 Å². The van der Waals surface area contributed by atoms with Gasteiger partial charge in [0.15, 0.2) is 6.61 Å². The number of benzene rings is 1. The van der Waals surface area contributed by atoms with Crippen LogP contribution in [0.3, 0.4) is 0 Å². The molecule has 138 valence electrons. The van der Waals surface area contributed by atoms with Crippen molar-refractivity contribution in [1.29, 1.82) is 0 Å². The van der Waals surface area contributed by atoms with Crippen molar-refractivity contribution in [1.82, 2.24) is 5.32 Å². The second kappa shape index (κ2) is 8.36. The minimum Gasteiger partial charge on any atom is -0.496 e. The molecule has 1 aromatic carbocycles. The molecule has 5 nitrogen and oxygen atoms in total.